The van der Waals surface area contributed by atoms with Crippen LogP contribution in [0, 0.1) is 5.92 Å². The van der Waals surface area contributed by atoms with Gasteiger partial charge in [-0.25, -0.2) is 0 Å². The summed E-state index contributed by atoms with van der Waals surface area (Å²) >= 11 is 0. The van der Waals surface area contributed by atoms with Crippen LogP contribution in [0.1, 0.15) is 48.2 Å². The molecule has 0 radical (unpaired) electrons. The largest absolute Gasteiger partial charge is 0.497 e. The van der Waals surface area contributed by atoms with E-state index in [-0.39, 0.29) is 5.91 Å². The van der Waals surface area contributed by atoms with Gasteiger partial charge in [0, 0.05) is 11.8 Å². The summed E-state index contributed by atoms with van der Waals surface area (Å²) in [5.41, 5.74) is 1.48. The van der Waals surface area contributed by atoms with Crippen LogP contribution in [0.4, 0.5) is 5.82 Å². The number of nitrogens with one attached hydrogen (secondary N) is 2. The smallest absolute Gasteiger partial charge is 0.260 e. The molecule has 1 fully saturated rings. The molecule has 25 heavy (non-hydrogen) atoms. The number of hydrogen-bond acceptors (Lipinski definition) is 4. The molecule has 134 valence electrons. The topological polar surface area (TPSA) is 76.2 Å². The van der Waals surface area contributed by atoms with Gasteiger partial charge in [0.25, 0.3) is 5.91 Å². The molecule has 6 nitrogen and oxygen atoms in total. The second kappa shape index (κ2) is 8.05. The molecule has 0 unspecified atom stereocenters. The van der Waals surface area contributed by atoms with E-state index in [0.29, 0.717) is 22.9 Å². The van der Waals surface area contributed by atoms with E-state index >= 15 is 0 Å². The monoisotopic (exact) mass is 343 g/mol. The third kappa shape index (κ3) is 4.32. The Hall–Kier alpha value is -2.50. The predicted molar refractivity (Wildman–Crippen MR) is 96.4 cm³/mol. The zero-order valence-electron chi connectivity index (χ0n) is 14.8. The number of ether oxygens (including phenoxy) is 2. The van der Waals surface area contributed by atoms with Crippen molar-refractivity contribution in [1.29, 1.82) is 0 Å². The summed E-state index contributed by atoms with van der Waals surface area (Å²) in [6, 6.07) is 7.04. The first kappa shape index (κ1) is 17.3. The molecule has 1 amide bonds. The number of methoxy groups -OCH3 is 2. The predicted octanol–water partition coefficient (Wildman–Crippen LogP) is 3.80. The third-order valence-corrected chi connectivity index (χ3v) is 4.76. The number of rotatable bonds is 6. The average Bonchev–Trinajstić information content (AvgIpc) is 3.08. The summed E-state index contributed by atoms with van der Waals surface area (Å²) in [7, 11) is 3.10. The van der Waals surface area contributed by atoms with Gasteiger partial charge in [-0.2, -0.15) is 5.10 Å². The highest BCUT2D eigenvalue weighted by Gasteiger charge is 2.17. The van der Waals surface area contributed by atoms with Gasteiger partial charge in [0.2, 0.25) is 0 Å². The molecule has 3 rings (SSSR count). The molecular formula is C19H25N3O3. The highest BCUT2D eigenvalue weighted by Crippen LogP contribution is 2.27. The van der Waals surface area contributed by atoms with Gasteiger partial charge in [-0.15, -0.1) is 0 Å². The molecule has 2 N–H and O–H groups in total. The number of carbonyl (C=O) groups is 1. The fraction of sp³-hybridized carbons (Fsp3) is 0.474. The normalized spacial score (nSPS) is 15.0. The van der Waals surface area contributed by atoms with E-state index < -0.39 is 0 Å². The lowest BCUT2D eigenvalue weighted by Gasteiger charge is -2.20. The van der Waals surface area contributed by atoms with Gasteiger partial charge in [-0.3, -0.25) is 9.89 Å². The maximum atomic E-state index is 12.6. The van der Waals surface area contributed by atoms with Gasteiger partial charge >= 0.3 is 0 Å². The molecule has 0 spiro atoms. The fourth-order valence-electron chi connectivity index (χ4n) is 3.41. The molecule has 6 heteroatoms. The van der Waals surface area contributed by atoms with Crippen molar-refractivity contribution in [3.05, 3.63) is 35.5 Å². The lowest BCUT2D eigenvalue weighted by Crippen LogP contribution is -2.13. The van der Waals surface area contributed by atoms with Gasteiger partial charge in [0.05, 0.1) is 19.8 Å². The van der Waals surface area contributed by atoms with Gasteiger partial charge in [-0.1, -0.05) is 32.1 Å². The Kier molecular flexibility index (Phi) is 5.58. The van der Waals surface area contributed by atoms with Crippen LogP contribution >= 0.6 is 0 Å². The first-order valence-corrected chi connectivity index (χ1v) is 8.77. The molecule has 2 aromatic rings. The second-order valence-electron chi connectivity index (χ2n) is 6.51. The SMILES string of the molecule is COc1ccc(OC)c(C(=O)Nc2cc(CC3CCCCC3)[nH]n2)c1. The fourth-order valence-corrected chi connectivity index (χ4v) is 3.41. The van der Waals surface area contributed by atoms with Crippen LogP contribution < -0.4 is 14.8 Å². The summed E-state index contributed by atoms with van der Waals surface area (Å²) in [6.45, 7) is 0. The molecule has 1 aliphatic carbocycles. The summed E-state index contributed by atoms with van der Waals surface area (Å²) in [5.74, 6) is 2.07. The van der Waals surface area contributed by atoms with Gasteiger partial charge in [-0.05, 0) is 30.5 Å². The minimum atomic E-state index is -0.272. The van der Waals surface area contributed by atoms with Crippen LogP contribution in [0.5, 0.6) is 11.5 Å². The van der Waals surface area contributed by atoms with E-state index in [1.165, 1.54) is 39.2 Å². The van der Waals surface area contributed by atoms with Crippen molar-refractivity contribution in [2.24, 2.45) is 5.92 Å². The van der Waals surface area contributed by atoms with Crippen molar-refractivity contribution in [3.63, 3.8) is 0 Å². The van der Waals surface area contributed by atoms with Crippen molar-refractivity contribution in [2.75, 3.05) is 19.5 Å². The minimum absolute atomic E-state index is 0.272. The van der Waals surface area contributed by atoms with Crippen LogP contribution in [-0.4, -0.2) is 30.3 Å². The molecular weight excluding hydrogens is 318 g/mol. The lowest BCUT2D eigenvalue weighted by atomic mass is 9.86. The second-order valence-corrected chi connectivity index (χ2v) is 6.51. The van der Waals surface area contributed by atoms with E-state index in [1.54, 1.807) is 25.3 Å². The van der Waals surface area contributed by atoms with Crippen LogP contribution in [0.2, 0.25) is 0 Å². The van der Waals surface area contributed by atoms with Crippen molar-refractivity contribution in [1.82, 2.24) is 10.2 Å². The number of nitrogens with zero attached hydrogens (tertiary/aromatic N) is 1. The van der Waals surface area contributed by atoms with Crippen LogP contribution in [0.25, 0.3) is 0 Å². The number of aromatic nitrogens is 2. The van der Waals surface area contributed by atoms with Crippen molar-refractivity contribution in [2.45, 2.75) is 38.5 Å². The summed E-state index contributed by atoms with van der Waals surface area (Å²) in [4.78, 5) is 12.6. The molecule has 1 saturated carbocycles. The Morgan fingerprint density at radius 2 is 2.00 bits per heavy atom. The molecule has 1 aliphatic rings. The summed E-state index contributed by atoms with van der Waals surface area (Å²) < 4.78 is 10.5. The molecule has 1 aromatic heterocycles. The van der Waals surface area contributed by atoms with Crippen LogP contribution in [0.15, 0.2) is 24.3 Å². The molecule has 1 aromatic carbocycles. The highest BCUT2D eigenvalue weighted by molar-refractivity contribution is 6.06. The third-order valence-electron chi connectivity index (χ3n) is 4.76. The van der Waals surface area contributed by atoms with Crippen molar-refractivity contribution >= 4 is 11.7 Å². The van der Waals surface area contributed by atoms with Crippen molar-refractivity contribution in [3.8, 4) is 11.5 Å². The van der Waals surface area contributed by atoms with Crippen LogP contribution in [0.3, 0.4) is 0 Å². The Morgan fingerprint density at radius 3 is 2.72 bits per heavy atom. The molecule has 0 aliphatic heterocycles. The van der Waals surface area contributed by atoms with Gasteiger partial charge in [0.1, 0.15) is 11.5 Å². The number of carbonyl (C=O) groups excluding carboxylic acids is 1. The summed E-state index contributed by atoms with van der Waals surface area (Å²) in [6.07, 6.45) is 7.54. The Balaban J connectivity index is 1.67. The average molecular weight is 343 g/mol. The van der Waals surface area contributed by atoms with E-state index in [1.807, 2.05) is 6.07 Å². The standard InChI is InChI=1S/C19H25N3O3/c1-24-15-8-9-17(25-2)16(12-15)19(23)20-18-11-14(21-22-18)10-13-6-4-3-5-7-13/h8-9,11-13H,3-7,10H2,1-2H3,(H2,20,21,22,23). The first-order chi connectivity index (χ1) is 12.2. The number of anilines is 1. The highest BCUT2D eigenvalue weighted by atomic mass is 16.5. The maximum absolute atomic E-state index is 12.6. The Morgan fingerprint density at radius 1 is 1.20 bits per heavy atom. The van der Waals surface area contributed by atoms with E-state index in [0.717, 1.165) is 18.0 Å². The lowest BCUT2D eigenvalue weighted by molar-refractivity contribution is 0.102. The van der Waals surface area contributed by atoms with Crippen molar-refractivity contribution < 1.29 is 14.3 Å². The summed E-state index contributed by atoms with van der Waals surface area (Å²) in [5, 5.41) is 10.1. The first-order valence-electron chi connectivity index (χ1n) is 8.77. The van der Waals surface area contributed by atoms with E-state index in [9.17, 15) is 4.79 Å². The Labute approximate surface area is 147 Å². The maximum Gasteiger partial charge on any atom is 0.260 e. The molecule has 0 atom stereocenters. The van der Waals surface area contributed by atoms with E-state index in [4.69, 9.17) is 9.47 Å². The molecule has 1 heterocycles. The number of H-pyrrole nitrogens is 1. The number of amides is 1. The quantitative estimate of drug-likeness (QED) is 0.836. The van der Waals surface area contributed by atoms with Gasteiger partial charge in [0.15, 0.2) is 5.82 Å². The molecule has 0 saturated heterocycles. The zero-order chi connectivity index (χ0) is 17.6. The Bertz CT molecular complexity index is 720. The number of benzene rings is 1. The number of aromatic amines is 1. The minimum Gasteiger partial charge on any atom is -0.497 e. The zero-order valence-corrected chi connectivity index (χ0v) is 14.8. The van der Waals surface area contributed by atoms with Gasteiger partial charge < -0.3 is 14.8 Å². The van der Waals surface area contributed by atoms with E-state index in [2.05, 4.69) is 15.5 Å². The number of hydrogen-bond donors (Lipinski definition) is 2. The van der Waals surface area contributed by atoms with Crippen LogP contribution in [-0.2, 0) is 6.42 Å². The molecule has 0 bridgehead atoms.